The second kappa shape index (κ2) is 8.08. The van der Waals surface area contributed by atoms with Gasteiger partial charge in [0.25, 0.3) is 5.91 Å². The Labute approximate surface area is 190 Å². The van der Waals surface area contributed by atoms with E-state index in [9.17, 15) is 27.2 Å². The van der Waals surface area contributed by atoms with E-state index < -0.39 is 41.5 Å². The number of carbonyl (C=O) groups excluding carboxylic acids is 2. The zero-order valence-corrected chi connectivity index (χ0v) is 18.1. The number of hydrogen-bond acceptors (Lipinski definition) is 5. The van der Waals surface area contributed by atoms with Crippen LogP contribution in [0.25, 0.3) is 0 Å². The minimum Gasteiger partial charge on any atom is -0.436 e. The van der Waals surface area contributed by atoms with Crippen molar-refractivity contribution >= 4 is 35.1 Å². The van der Waals surface area contributed by atoms with Crippen LogP contribution in [0.15, 0.2) is 18.3 Å². The Bertz CT molecular complexity index is 1120. The van der Waals surface area contributed by atoms with Crippen LogP contribution in [-0.2, 0) is 10.3 Å². The molecule has 8 nitrogen and oxygen atoms in total. The average molecular weight is 490 g/mol. The summed E-state index contributed by atoms with van der Waals surface area (Å²) >= 11 is 5.94. The second-order valence-electron chi connectivity index (χ2n) is 7.98. The molecule has 0 aliphatic carbocycles. The number of piperidine rings is 1. The van der Waals surface area contributed by atoms with E-state index in [4.69, 9.17) is 22.1 Å². The van der Waals surface area contributed by atoms with Crippen molar-refractivity contribution < 1.29 is 31.9 Å². The SMILES string of the molecule is CC[C@@H](n1ncc(C(=O)N2CCC[C@@]3(C2)OC(=O)Nc2ccc(Cl)c(F)c23)c1N)C(F)(F)F. The van der Waals surface area contributed by atoms with Gasteiger partial charge in [0.05, 0.1) is 29.0 Å². The third-order valence-electron chi connectivity index (χ3n) is 5.94. The number of likely N-dealkylation sites (tertiary alicyclic amines) is 1. The molecular formula is C20H20ClF4N5O3. The fraction of sp³-hybridized carbons (Fsp3) is 0.450. The molecule has 13 heteroatoms. The number of hydrogen-bond donors (Lipinski definition) is 2. The van der Waals surface area contributed by atoms with Gasteiger partial charge in [-0.25, -0.2) is 13.9 Å². The van der Waals surface area contributed by atoms with Crippen molar-refractivity contribution in [2.45, 2.75) is 44.0 Å². The highest BCUT2D eigenvalue weighted by atomic mass is 35.5. The van der Waals surface area contributed by atoms with Gasteiger partial charge in [-0.05, 0) is 31.4 Å². The van der Waals surface area contributed by atoms with Crippen LogP contribution in [0.1, 0.15) is 48.1 Å². The van der Waals surface area contributed by atoms with Gasteiger partial charge < -0.3 is 15.4 Å². The van der Waals surface area contributed by atoms with Crippen LogP contribution < -0.4 is 11.1 Å². The number of amides is 2. The van der Waals surface area contributed by atoms with E-state index in [1.54, 1.807) is 0 Å². The normalized spacial score (nSPS) is 21.4. The molecule has 1 aromatic heterocycles. The molecule has 0 saturated carbocycles. The first-order valence-electron chi connectivity index (χ1n) is 10.2. The molecule has 1 fully saturated rings. The summed E-state index contributed by atoms with van der Waals surface area (Å²) in [4.78, 5) is 26.6. The fourth-order valence-corrected chi connectivity index (χ4v) is 4.60. The number of nitrogens with two attached hydrogens (primary N) is 1. The molecule has 0 bridgehead atoms. The third kappa shape index (κ3) is 3.85. The van der Waals surface area contributed by atoms with Gasteiger partial charge >= 0.3 is 12.3 Å². The van der Waals surface area contributed by atoms with Crippen molar-refractivity contribution in [2.75, 3.05) is 24.1 Å². The Hall–Kier alpha value is -3.02. The largest absolute Gasteiger partial charge is 0.436 e. The van der Waals surface area contributed by atoms with Crippen LogP contribution >= 0.6 is 11.6 Å². The standard InChI is InChI=1S/C20H20ClF4N5O3/c1-2-13(20(23,24)25)30-16(26)10(8-27-30)17(31)29-7-3-6-19(9-29)14-12(28-18(32)33-19)5-4-11(21)15(14)22/h4-5,8,13H,2-3,6-7,9,26H2,1H3,(H,28,32)/t13-,19+/m1/s1. The first-order chi connectivity index (χ1) is 15.5. The van der Waals surface area contributed by atoms with Crippen LogP contribution in [0.4, 0.5) is 33.9 Å². The summed E-state index contributed by atoms with van der Waals surface area (Å²) in [6, 6.07) is 0.745. The lowest BCUT2D eigenvalue weighted by Gasteiger charge is -2.45. The summed E-state index contributed by atoms with van der Waals surface area (Å²) in [5, 5.41) is 5.94. The minimum atomic E-state index is -4.60. The number of aromatic nitrogens is 2. The van der Waals surface area contributed by atoms with Crippen LogP contribution in [0.3, 0.4) is 0 Å². The fourth-order valence-electron chi connectivity index (χ4n) is 4.45. The number of nitrogen functional groups attached to an aromatic ring is 1. The van der Waals surface area contributed by atoms with Crippen molar-refractivity contribution in [3.8, 4) is 0 Å². The molecule has 1 spiro atoms. The van der Waals surface area contributed by atoms with E-state index in [0.29, 0.717) is 11.1 Å². The molecule has 2 aromatic rings. The zero-order chi connectivity index (χ0) is 24.1. The number of anilines is 2. The quantitative estimate of drug-likeness (QED) is 0.619. The first kappa shape index (κ1) is 23.1. The van der Waals surface area contributed by atoms with Gasteiger partial charge in [0, 0.05) is 6.54 Å². The van der Waals surface area contributed by atoms with Crippen LogP contribution in [0.5, 0.6) is 0 Å². The topological polar surface area (TPSA) is 102 Å². The van der Waals surface area contributed by atoms with Crippen LogP contribution in [-0.4, -0.2) is 45.9 Å². The second-order valence-corrected chi connectivity index (χ2v) is 8.38. The average Bonchev–Trinajstić information content (AvgIpc) is 3.10. The highest BCUT2D eigenvalue weighted by Gasteiger charge is 2.49. The van der Waals surface area contributed by atoms with Crippen LogP contribution in [0.2, 0.25) is 5.02 Å². The molecule has 0 unspecified atom stereocenters. The molecular weight excluding hydrogens is 470 g/mol. The number of halogens is 5. The summed E-state index contributed by atoms with van der Waals surface area (Å²) < 4.78 is 61.0. The number of carbonyl (C=O) groups is 2. The maximum Gasteiger partial charge on any atom is 0.412 e. The lowest BCUT2D eigenvalue weighted by Crippen LogP contribution is -2.53. The number of ether oxygens (including phenoxy) is 1. The number of nitrogens with one attached hydrogen (secondary N) is 1. The highest BCUT2D eigenvalue weighted by Crippen LogP contribution is 2.45. The number of nitrogens with zero attached hydrogens (tertiary/aromatic N) is 3. The molecule has 2 aliphatic heterocycles. The Balaban J connectivity index is 1.68. The van der Waals surface area contributed by atoms with Gasteiger partial charge in [-0.2, -0.15) is 18.3 Å². The van der Waals surface area contributed by atoms with E-state index in [0.717, 1.165) is 6.20 Å². The molecule has 4 rings (SSSR count). The lowest BCUT2D eigenvalue weighted by molar-refractivity contribution is -0.170. The van der Waals surface area contributed by atoms with E-state index in [1.807, 2.05) is 0 Å². The smallest absolute Gasteiger partial charge is 0.412 e. The summed E-state index contributed by atoms with van der Waals surface area (Å²) in [7, 11) is 0. The third-order valence-corrected chi connectivity index (χ3v) is 6.23. The summed E-state index contributed by atoms with van der Waals surface area (Å²) in [5.41, 5.74) is 4.33. The molecule has 178 valence electrons. The molecule has 3 heterocycles. The Morgan fingerprint density at radius 1 is 1.42 bits per heavy atom. The van der Waals surface area contributed by atoms with Crippen molar-refractivity contribution in [1.82, 2.24) is 14.7 Å². The predicted octanol–water partition coefficient (Wildman–Crippen LogP) is 4.46. The molecule has 1 aromatic carbocycles. The highest BCUT2D eigenvalue weighted by molar-refractivity contribution is 6.31. The maximum absolute atomic E-state index is 15.0. The van der Waals surface area contributed by atoms with Gasteiger partial charge in [-0.3, -0.25) is 10.1 Å². The van der Waals surface area contributed by atoms with Crippen molar-refractivity contribution in [1.29, 1.82) is 0 Å². The van der Waals surface area contributed by atoms with Crippen molar-refractivity contribution in [3.63, 3.8) is 0 Å². The zero-order valence-electron chi connectivity index (χ0n) is 17.4. The van der Waals surface area contributed by atoms with Gasteiger partial charge in [0.1, 0.15) is 17.4 Å². The van der Waals surface area contributed by atoms with Gasteiger partial charge in [0.15, 0.2) is 11.4 Å². The maximum atomic E-state index is 15.0. The van der Waals surface area contributed by atoms with Gasteiger partial charge in [-0.15, -0.1) is 0 Å². The molecule has 2 atom stereocenters. The Morgan fingerprint density at radius 3 is 2.82 bits per heavy atom. The van der Waals surface area contributed by atoms with E-state index in [2.05, 4.69) is 10.4 Å². The summed E-state index contributed by atoms with van der Waals surface area (Å²) in [6.07, 6.45) is -4.22. The van der Waals surface area contributed by atoms with Crippen molar-refractivity contribution in [2.24, 2.45) is 0 Å². The Kier molecular flexibility index (Phi) is 5.67. The first-order valence-corrected chi connectivity index (χ1v) is 10.5. The molecule has 2 aliphatic rings. The number of rotatable bonds is 3. The van der Waals surface area contributed by atoms with Crippen molar-refractivity contribution in [3.05, 3.63) is 40.3 Å². The number of alkyl halides is 3. The molecule has 2 amide bonds. The number of fused-ring (bicyclic) bond motifs is 2. The van der Waals surface area contributed by atoms with Gasteiger partial charge in [-0.1, -0.05) is 18.5 Å². The van der Waals surface area contributed by atoms with E-state index in [-0.39, 0.29) is 47.8 Å². The van der Waals surface area contributed by atoms with Crippen LogP contribution in [0, 0.1) is 5.82 Å². The Morgan fingerprint density at radius 2 is 2.15 bits per heavy atom. The number of benzene rings is 1. The predicted molar refractivity (Wildman–Crippen MR) is 110 cm³/mol. The molecule has 3 N–H and O–H groups in total. The van der Waals surface area contributed by atoms with Gasteiger partial charge in [0.2, 0.25) is 0 Å². The minimum absolute atomic E-state index is 0.0129. The monoisotopic (exact) mass is 489 g/mol. The summed E-state index contributed by atoms with van der Waals surface area (Å²) in [6.45, 7) is 1.30. The molecule has 1 saturated heterocycles. The molecule has 33 heavy (non-hydrogen) atoms. The van der Waals surface area contributed by atoms with E-state index in [1.165, 1.54) is 24.0 Å². The summed E-state index contributed by atoms with van der Waals surface area (Å²) in [5.74, 6) is -1.92. The van der Waals surface area contributed by atoms with E-state index >= 15 is 0 Å². The lowest BCUT2D eigenvalue weighted by atomic mass is 9.83. The molecule has 0 radical (unpaired) electrons.